The van der Waals surface area contributed by atoms with Gasteiger partial charge < -0.3 is 19.1 Å². The minimum atomic E-state index is -0.0185. The van der Waals surface area contributed by atoms with Crippen molar-refractivity contribution in [2.45, 2.75) is 78.6 Å². The molecule has 60 heavy (non-hydrogen) atoms. The molecule has 0 bridgehead atoms. The maximum atomic E-state index is 6.64. The third-order valence-corrected chi connectivity index (χ3v) is 11.4. The Morgan fingerprint density at radius 3 is 1.95 bits per heavy atom. The van der Waals surface area contributed by atoms with Crippen LogP contribution in [0.4, 0.5) is 22.7 Å². The summed E-state index contributed by atoms with van der Waals surface area (Å²) in [6.07, 6.45) is 1.90. The molecule has 5 nitrogen and oxygen atoms in total. The molecule has 306 valence electrons. The summed E-state index contributed by atoms with van der Waals surface area (Å²) in [5, 5.41) is 2.24. The maximum Gasteiger partial charge on any atom is 0.135 e. The zero-order chi connectivity index (χ0) is 41.3. The SMILES string of the molecule is CC(C)(C)c1cc(-c2cccc3c2N(c2ccccc2)[CH-]N3c2[c-]c(Oc3[c-]c4c(cc3)c3ccccc3n4-c3cc(C(C)(C)C)ccn3)ccc2)cc(C(C)(C)C)c1.[Pt]. The molecule has 8 aromatic rings. The largest absolute Gasteiger partial charge is 0.509 e. The molecule has 3 heterocycles. The van der Waals surface area contributed by atoms with E-state index >= 15 is 0 Å². The van der Waals surface area contributed by atoms with Gasteiger partial charge in [0, 0.05) is 66.9 Å². The Morgan fingerprint density at radius 2 is 1.23 bits per heavy atom. The van der Waals surface area contributed by atoms with Gasteiger partial charge in [-0.15, -0.1) is 48.1 Å². The first-order valence-corrected chi connectivity index (χ1v) is 20.5. The van der Waals surface area contributed by atoms with E-state index in [1.165, 1.54) is 27.8 Å². The van der Waals surface area contributed by atoms with Crippen molar-refractivity contribution in [2.24, 2.45) is 0 Å². The Kier molecular flexibility index (Phi) is 10.6. The Balaban J connectivity index is 0.00000499. The number of rotatable bonds is 6. The summed E-state index contributed by atoms with van der Waals surface area (Å²) < 4.78 is 8.83. The first-order valence-electron chi connectivity index (χ1n) is 20.5. The number of hydrogen-bond acceptors (Lipinski definition) is 4. The molecule has 1 aliphatic rings. The maximum absolute atomic E-state index is 6.64. The molecule has 0 amide bonds. The number of pyridine rings is 1. The third kappa shape index (κ3) is 7.65. The van der Waals surface area contributed by atoms with Crippen LogP contribution in [-0.2, 0) is 37.3 Å². The van der Waals surface area contributed by atoms with Crippen LogP contribution >= 0.6 is 0 Å². The molecule has 6 aromatic carbocycles. The monoisotopic (exact) mass is 966 g/mol. The first-order chi connectivity index (χ1) is 28.1. The van der Waals surface area contributed by atoms with E-state index in [1.807, 2.05) is 24.4 Å². The first kappa shape index (κ1) is 41.1. The minimum absolute atomic E-state index is 0. The van der Waals surface area contributed by atoms with E-state index in [-0.39, 0.29) is 37.3 Å². The molecule has 0 unspecified atom stereocenters. The molecule has 2 aromatic heterocycles. The van der Waals surface area contributed by atoms with E-state index in [0.717, 1.165) is 50.4 Å². The molecule has 9 rings (SSSR count). The molecule has 0 aliphatic carbocycles. The predicted molar refractivity (Wildman–Crippen MR) is 246 cm³/mol. The molecule has 0 radical (unpaired) electrons. The van der Waals surface area contributed by atoms with Gasteiger partial charge in [0.25, 0.3) is 0 Å². The van der Waals surface area contributed by atoms with Crippen molar-refractivity contribution >= 4 is 44.6 Å². The van der Waals surface area contributed by atoms with E-state index in [4.69, 9.17) is 9.72 Å². The molecule has 6 heteroatoms. The van der Waals surface area contributed by atoms with Crippen LogP contribution in [0.15, 0.2) is 140 Å². The van der Waals surface area contributed by atoms with Crippen molar-refractivity contribution in [3.8, 4) is 28.4 Å². The second-order valence-electron chi connectivity index (χ2n) is 18.8. The smallest absolute Gasteiger partial charge is 0.135 e. The standard InChI is InChI=1S/C54H51N4O.Pt/c1-52(2,3)37-27-28-55-50(32-37)58-47-23-14-13-21-45(47)46-26-25-43(34-49(46)58)59-42-20-15-19-41(33-42)56-35-57(40-17-11-10-12-18-40)51-44(22-16-24-48(51)56)36-29-38(53(4,5)6)31-39(30-36)54(7,8)9;/h10-32,35H,1-9H3;/q-3;. The Labute approximate surface area is 369 Å². The van der Waals surface area contributed by atoms with Crippen LogP contribution in [0.2, 0.25) is 0 Å². The van der Waals surface area contributed by atoms with E-state index < -0.39 is 0 Å². The fourth-order valence-corrected chi connectivity index (χ4v) is 8.01. The average Bonchev–Trinajstić information content (AvgIpc) is 3.76. The summed E-state index contributed by atoms with van der Waals surface area (Å²) in [5.41, 5.74) is 12.4. The van der Waals surface area contributed by atoms with Crippen LogP contribution in [0.1, 0.15) is 79.0 Å². The van der Waals surface area contributed by atoms with Crippen LogP contribution in [0.3, 0.4) is 0 Å². The van der Waals surface area contributed by atoms with Gasteiger partial charge in [0.15, 0.2) is 0 Å². The number of benzene rings is 6. The summed E-state index contributed by atoms with van der Waals surface area (Å²) >= 11 is 0. The quantitative estimate of drug-likeness (QED) is 0.156. The van der Waals surface area contributed by atoms with Crippen LogP contribution in [0, 0.1) is 18.8 Å². The number of ether oxygens (including phenoxy) is 1. The topological polar surface area (TPSA) is 33.5 Å². The summed E-state index contributed by atoms with van der Waals surface area (Å²) in [6, 6.07) is 54.5. The van der Waals surface area contributed by atoms with Gasteiger partial charge in [-0.25, -0.2) is 4.98 Å². The molecule has 0 fully saturated rings. The second kappa shape index (κ2) is 15.4. The van der Waals surface area contributed by atoms with Crippen molar-refractivity contribution < 1.29 is 25.8 Å². The summed E-state index contributed by atoms with van der Waals surface area (Å²) in [6.45, 7) is 22.6. The number of aromatic nitrogens is 2. The van der Waals surface area contributed by atoms with Crippen molar-refractivity contribution in [3.63, 3.8) is 0 Å². The van der Waals surface area contributed by atoms with Gasteiger partial charge in [0.1, 0.15) is 5.82 Å². The van der Waals surface area contributed by atoms with Gasteiger partial charge in [-0.05, 0) is 80.3 Å². The van der Waals surface area contributed by atoms with E-state index in [2.05, 4.69) is 211 Å². The number of hydrogen-bond donors (Lipinski definition) is 0. The number of fused-ring (bicyclic) bond motifs is 4. The summed E-state index contributed by atoms with van der Waals surface area (Å²) in [7, 11) is 0. The summed E-state index contributed by atoms with van der Waals surface area (Å²) in [4.78, 5) is 9.37. The van der Waals surface area contributed by atoms with Crippen molar-refractivity contribution in [1.29, 1.82) is 0 Å². The molecule has 0 saturated heterocycles. The molecule has 0 atom stereocenters. The van der Waals surface area contributed by atoms with E-state index in [9.17, 15) is 0 Å². The number of anilines is 4. The minimum Gasteiger partial charge on any atom is -0.509 e. The summed E-state index contributed by atoms with van der Waals surface area (Å²) in [5.74, 6) is 2.07. The van der Waals surface area contributed by atoms with Crippen molar-refractivity contribution in [3.05, 3.63) is 175 Å². The van der Waals surface area contributed by atoms with E-state index in [1.54, 1.807) is 0 Å². The van der Waals surface area contributed by atoms with Crippen LogP contribution in [-0.4, -0.2) is 9.55 Å². The Hall–Kier alpha value is -5.64. The van der Waals surface area contributed by atoms with Crippen molar-refractivity contribution in [1.82, 2.24) is 9.55 Å². The number of nitrogens with zero attached hydrogens (tertiary/aromatic N) is 4. The van der Waals surface area contributed by atoms with Gasteiger partial charge in [-0.1, -0.05) is 135 Å². The average molecular weight is 967 g/mol. The molecular weight excluding hydrogens is 916 g/mol. The van der Waals surface area contributed by atoms with E-state index in [0.29, 0.717) is 11.5 Å². The zero-order valence-electron chi connectivity index (χ0n) is 35.9. The number of para-hydroxylation sites is 3. The van der Waals surface area contributed by atoms with Gasteiger partial charge in [0.05, 0.1) is 0 Å². The Morgan fingerprint density at radius 1 is 0.567 bits per heavy atom. The van der Waals surface area contributed by atoms with Gasteiger partial charge >= 0.3 is 0 Å². The second-order valence-corrected chi connectivity index (χ2v) is 18.8. The predicted octanol–water partition coefficient (Wildman–Crippen LogP) is 14.5. The molecule has 1 aliphatic heterocycles. The normalized spacial score (nSPS) is 13.2. The van der Waals surface area contributed by atoms with Crippen LogP contribution in [0.25, 0.3) is 38.8 Å². The fraction of sp³-hybridized carbons (Fsp3) is 0.222. The van der Waals surface area contributed by atoms with Crippen molar-refractivity contribution in [2.75, 3.05) is 9.80 Å². The third-order valence-electron chi connectivity index (χ3n) is 11.4. The Bertz CT molecular complexity index is 2820. The zero-order valence-corrected chi connectivity index (χ0v) is 38.1. The van der Waals surface area contributed by atoms with Gasteiger partial charge in [0.2, 0.25) is 0 Å². The molecule has 0 spiro atoms. The fourth-order valence-electron chi connectivity index (χ4n) is 8.01. The van der Waals surface area contributed by atoms with Crippen LogP contribution < -0.4 is 14.5 Å². The van der Waals surface area contributed by atoms with Crippen LogP contribution in [0.5, 0.6) is 11.5 Å². The van der Waals surface area contributed by atoms with Gasteiger partial charge in [-0.3, -0.25) is 0 Å². The molecular formula is C54H51N4OPt-3. The molecule has 0 saturated carbocycles. The molecule has 0 N–H and O–H groups in total. The van der Waals surface area contributed by atoms with Gasteiger partial charge in [-0.2, -0.15) is 12.1 Å².